The van der Waals surface area contributed by atoms with E-state index in [0.717, 1.165) is 12.8 Å². The first kappa shape index (κ1) is 15.0. The van der Waals surface area contributed by atoms with Gasteiger partial charge in [0.05, 0.1) is 32.5 Å². The summed E-state index contributed by atoms with van der Waals surface area (Å²) in [6, 6.07) is 0. The Hall–Kier alpha value is -2.38. The van der Waals surface area contributed by atoms with Crippen LogP contribution in [0.25, 0.3) is 0 Å². The molecule has 1 aliphatic heterocycles. The van der Waals surface area contributed by atoms with Crippen LogP contribution in [0.2, 0.25) is 0 Å². The van der Waals surface area contributed by atoms with Gasteiger partial charge in [-0.1, -0.05) is 0 Å². The summed E-state index contributed by atoms with van der Waals surface area (Å²) in [4.78, 5) is 33.2. The minimum absolute atomic E-state index is 0.178. The zero-order chi connectivity index (χ0) is 15.2. The molecule has 0 spiro atoms. The fraction of sp³-hybridized carbons (Fsp3) is 0.538. The van der Waals surface area contributed by atoms with Crippen molar-refractivity contribution in [2.45, 2.75) is 12.8 Å². The van der Waals surface area contributed by atoms with Crippen LogP contribution in [-0.2, 0) is 9.53 Å². The Morgan fingerprint density at radius 2 is 2.14 bits per heavy atom. The number of ether oxygens (including phenoxy) is 2. The topological polar surface area (TPSA) is 93.7 Å². The van der Waals surface area contributed by atoms with E-state index in [1.54, 1.807) is 0 Å². The molecule has 0 bridgehead atoms. The van der Waals surface area contributed by atoms with Crippen molar-refractivity contribution in [2.75, 3.05) is 32.6 Å². The van der Waals surface area contributed by atoms with Gasteiger partial charge in [-0.3, -0.25) is 4.79 Å². The van der Waals surface area contributed by atoms with Crippen molar-refractivity contribution in [1.29, 1.82) is 0 Å². The van der Waals surface area contributed by atoms with Crippen LogP contribution in [0, 0.1) is 5.92 Å². The fourth-order valence-electron chi connectivity index (χ4n) is 2.20. The van der Waals surface area contributed by atoms with E-state index in [0.29, 0.717) is 24.8 Å². The van der Waals surface area contributed by atoms with Gasteiger partial charge in [0.2, 0.25) is 11.8 Å². The Balaban J connectivity index is 1.94. The second-order valence-electron chi connectivity index (χ2n) is 4.69. The lowest BCUT2D eigenvalue weighted by molar-refractivity contribution is -0.121. The SMILES string of the molecule is COC(=O)N1CCCC(C(=O)Nc2cnc(OC)cn2)C1. The van der Waals surface area contributed by atoms with E-state index in [-0.39, 0.29) is 11.8 Å². The van der Waals surface area contributed by atoms with E-state index in [4.69, 9.17) is 4.74 Å². The number of methoxy groups -OCH3 is 2. The van der Waals surface area contributed by atoms with Crippen molar-refractivity contribution >= 4 is 17.8 Å². The summed E-state index contributed by atoms with van der Waals surface area (Å²) in [5, 5.41) is 2.69. The van der Waals surface area contributed by atoms with Gasteiger partial charge in [0.1, 0.15) is 0 Å². The van der Waals surface area contributed by atoms with Crippen LogP contribution in [0.3, 0.4) is 0 Å². The molecule has 1 atom stereocenters. The molecule has 1 aromatic rings. The van der Waals surface area contributed by atoms with Crippen LogP contribution in [0.15, 0.2) is 12.4 Å². The third-order valence-corrected chi connectivity index (χ3v) is 3.31. The number of hydrogen-bond donors (Lipinski definition) is 1. The Bertz CT molecular complexity index is 505. The highest BCUT2D eigenvalue weighted by Crippen LogP contribution is 2.19. The largest absolute Gasteiger partial charge is 0.480 e. The maximum atomic E-state index is 12.2. The molecular weight excluding hydrogens is 276 g/mol. The summed E-state index contributed by atoms with van der Waals surface area (Å²) >= 11 is 0. The van der Waals surface area contributed by atoms with Crippen molar-refractivity contribution in [3.05, 3.63) is 12.4 Å². The Kier molecular flexibility index (Phi) is 4.91. The third kappa shape index (κ3) is 3.80. The number of anilines is 1. The van der Waals surface area contributed by atoms with E-state index < -0.39 is 6.09 Å². The van der Waals surface area contributed by atoms with Crippen molar-refractivity contribution in [2.24, 2.45) is 5.92 Å². The second kappa shape index (κ2) is 6.87. The molecule has 2 amide bonds. The quantitative estimate of drug-likeness (QED) is 0.890. The van der Waals surface area contributed by atoms with Gasteiger partial charge in [-0.25, -0.2) is 14.8 Å². The molecule has 21 heavy (non-hydrogen) atoms. The van der Waals surface area contributed by atoms with Crippen LogP contribution < -0.4 is 10.1 Å². The van der Waals surface area contributed by atoms with E-state index in [1.807, 2.05) is 0 Å². The van der Waals surface area contributed by atoms with Crippen LogP contribution in [0.1, 0.15) is 12.8 Å². The zero-order valence-electron chi connectivity index (χ0n) is 12.0. The van der Waals surface area contributed by atoms with E-state index in [9.17, 15) is 9.59 Å². The number of aromatic nitrogens is 2. The number of carbonyl (C=O) groups is 2. The van der Waals surface area contributed by atoms with Gasteiger partial charge < -0.3 is 19.7 Å². The number of amides is 2. The molecule has 1 aromatic heterocycles. The molecule has 8 heteroatoms. The first-order valence-corrected chi connectivity index (χ1v) is 6.64. The molecular formula is C13H18N4O4. The number of piperidine rings is 1. The standard InChI is InChI=1S/C13H18N4O4/c1-20-11-7-14-10(6-15-11)16-12(18)9-4-3-5-17(8-9)13(19)21-2/h6-7,9H,3-5,8H2,1-2H3,(H,14,16,18). The van der Waals surface area contributed by atoms with E-state index >= 15 is 0 Å². The minimum atomic E-state index is -0.406. The minimum Gasteiger partial charge on any atom is -0.480 e. The highest BCUT2D eigenvalue weighted by Gasteiger charge is 2.29. The number of nitrogens with one attached hydrogen (secondary N) is 1. The summed E-state index contributed by atoms with van der Waals surface area (Å²) < 4.78 is 9.58. The molecule has 1 fully saturated rings. The summed E-state index contributed by atoms with van der Waals surface area (Å²) in [7, 11) is 2.82. The molecule has 0 radical (unpaired) electrons. The number of hydrogen-bond acceptors (Lipinski definition) is 6. The molecule has 1 N–H and O–H groups in total. The lowest BCUT2D eigenvalue weighted by Crippen LogP contribution is -2.43. The average Bonchev–Trinajstić information content (AvgIpc) is 2.55. The lowest BCUT2D eigenvalue weighted by Gasteiger charge is -2.30. The van der Waals surface area contributed by atoms with Crippen LogP contribution in [0.5, 0.6) is 5.88 Å². The average molecular weight is 294 g/mol. The number of nitrogens with zero attached hydrogens (tertiary/aromatic N) is 3. The predicted octanol–water partition coefficient (Wildman–Crippen LogP) is 0.902. The van der Waals surface area contributed by atoms with Crippen molar-refractivity contribution < 1.29 is 19.1 Å². The van der Waals surface area contributed by atoms with Gasteiger partial charge in [-0.05, 0) is 12.8 Å². The molecule has 114 valence electrons. The number of carbonyl (C=O) groups excluding carboxylic acids is 2. The monoisotopic (exact) mass is 294 g/mol. The maximum Gasteiger partial charge on any atom is 0.409 e. The van der Waals surface area contributed by atoms with Gasteiger partial charge in [-0.15, -0.1) is 0 Å². The second-order valence-corrected chi connectivity index (χ2v) is 4.69. The summed E-state index contributed by atoms with van der Waals surface area (Å²) in [6.07, 6.45) is 3.94. The maximum absolute atomic E-state index is 12.2. The molecule has 1 aliphatic rings. The van der Waals surface area contributed by atoms with Crippen molar-refractivity contribution in [3.63, 3.8) is 0 Å². The number of rotatable bonds is 3. The lowest BCUT2D eigenvalue weighted by atomic mass is 9.97. The van der Waals surface area contributed by atoms with Crippen LogP contribution in [0.4, 0.5) is 10.6 Å². The van der Waals surface area contributed by atoms with Crippen molar-refractivity contribution in [1.82, 2.24) is 14.9 Å². The van der Waals surface area contributed by atoms with Gasteiger partial charge >= 0.3 is 6.09 Å². The smallest absolute Gasteiger partial charge is 0.409 e. The molecule has 2 rings (SSSR count). The Morgan fingerprint density at radius 1 is 1.33 bits per heavy atom. The highest BCUT2D eigenvalue weighted by molar-refractivity contribution is 5.92. The Labute approximate surface area is 122 Å². The molecule has 0 saturated carbocycles. The fourth-order valence-corrected chi connectivity index (χ4v) is 2.20. The molecule has 0 aliphatic carbocycles. The van der Waals surface area contributed by atoms with Gasteiger partial charge in [0.15, 0.2) is 5.82 Å². The molecule has 1 saturated heterocycles. The molecule has 0 aromatic carbocycles. The van der Waals surface area contributed by atoms with Gasteiger partial charge in [0.25, 0.3) is 0 Å². The summed E-state index contributed by atoms with van der Waals surface area (Å²) in [5.41, 5.74) is 0. The third-order valence-electron chi connectivity index (χ3n) is 3.31. The van der Waals surface area contributed by atoms with Gasteiger partial charge in [0, 0.05) is 13.1 Å². The Morgan fingerprint density at radius 3 is 2.76 bits per heavy atom. The normalized spacial score (nSPS) is 18.0. The van der Waals surface area contributed by atoms with E-state index in [1.165, 1.54) is 31.5 Å². The summed E-state index contributed by atoms with van der Waals surface area (Å²) in [5.74, 6) is 0.281. The van der Waals surface area contributed by atoms with Gasteiger partial charge in [-0.2, -0.15) is 0 Å². The predicted molar refractivity (Wildman–Crippen MR) is 73.9 cm³/mol. The number of likely N-dealkylation sites (tertiary alicyclic amines) is 1. The highest BCUT2D eigenvalue weighted by atomic mass is 16.5. The van der Waals surface area contributed by atoms with E-state index in [2.05, 4.69) is 20.0 Å². The first-order chi connectivity index (χ1) is 10.1. The molecule has 2 heterocycles. The zero-order valence-corrected chi connectivity index (χ0v) is 12.0. The first-order valence-electron chi connectivity index (χ1n) is 6.64. The van der Waals surface area contributed by atoms with Crippen LogP contribution in [-0.4, -0.2) is 54.2 Å². The van der Waals surface area contributed by atoms with Crippen LogP contribution >= 0.6 is 0 Å². The molecule has 1 unspecified atom stereocenters. The summed E-state index contributed by atoms with van der Waals surface area (Å²) in [6.45, 7) is 0.959. The molecule has 8 nitrogen and oxygen atoms in total. The van der Waals surface area contributed by atoms with Crippen molar-refractivity contribution in [3.8, 4) is 5.88 Å².